The number of aromatic nitrogens is 1. The van der Waals surface area contributed by atoms with Crippen LogP contribution in [0.3, 0.4) is 0 Å². The molecule has 10 heteroatoms. The van der Waals surface area contributed by atoms with Gasteiger partial charge in [-0.1, -0.05) is 11.6 Å². The highest BCUT2D eigenvalue weighted by Crippen LogP contribution is 2.36. The molecule has 23 heavy (non-hydrogen) atoms. The van der Waals surface area contributed by atoms with Crippen LogP contribution in [0.5, 0.6) is 17.4 Å². The van der Waals surface area contributed by atoms with E-state index < -0.39 is 16.7 Å². The Morgan fingerprint density at radius 3 is 2.52 bits per heavy atom. The van der Waals surface area contributed by atoms with Crippen LogP contribution < -0.4 is 9.47 Å². The first-order chi connectivity index (χ1) is 10.7. The van der Waals surface area contributed by atoms with Crippen molar-refractivity contribution in [1.82, 2.24) is 4.98 Å². The number of ether oxygens (including phenoxy) is 2. The van der Waals surface area contributed by atoms with Gasteiger partial charge in [0.15, 0.2) is 0 Å². The topological polar surface area (TPSA) is 74.5 Å². The number of hydrogen-bond donors (Lipinski definition) is 0. The van der Waals surface area contributed by atoms with Crippen molar-refractivity contribution in [1.29, 1.82) is 0 Å². The van der Waals surface area contributed by atoms with Crippen LogP contribution in [0.15, 0.2) is 30.5 Å². The lowest BCUT2D eigenvalue weighted by Gasteiger charge is -2.10. The summed E-state index contributed by atoms with van der Waals surface area (Å²) < 4.78 is 47.7. The van der Waals surface area contributed by atoms with Gasteiger partial charge in [-0.3, -0.25) is 10.1 Å². The van der Waals surface area contributed by atoms with Gasteiger partial charge in [-0.25, -0.2) is 4.98 Å². The van der Waals surface area contributed by atoms with Crippen molar-refractivity contribution in [3.05, 3.63) is 51.2 Å². The van der Waals surface area contributed by atoms with Crippen molar-refractivity contribution in [3.63, 3.8) is 0 Å². The molecule has 0 bridgehead atoms. The molecule has 6 nitrogen and oxygen atoms in total. The molecule has 2 rings (SSSR count). The van der Waals surface area contributed by atoms with Crippen LogP contribution >= 0.6 is 11.6 Å². The first kappa shape index (κ1) is 16.8. The lowest BCUT2D eigenvalue weighted by atomic mass is 10.2. The summed E-state index contributed by atoms with van der Waals surface area (Å²) in [7, 11) is 1.23. The summed E-state index contributed by atoms with van der Waals surface area (Å²) in [5, 5.41) is 10.4. The number of nitro groups is 1. The highest BCUT2D eigenvalue weighted by Gasteiger charge is 2.31. The highest BCUT2D eigenvalue weighted by atomic mass is 35.5. The minimum atomic E-state index is -4.58. The molecule has 0 aliphatic rings. The minimum Gasteiger partial charge on any atom is -0.490 e. The van der Waals surface area contributed by atoms with E-state index in [0.29, 0.717) is 12.3 Å². The second-order valence-corrected chi connectivity index (χ2v) is 4.61. The second kappa shape index (κ2) is 6.29. The Balaban J connectivity index is 2.31. The standard InChI is InChI=1S/C13H8ClF3N2O4/c1-22-11-5-8(2-3-10(11)19(20)21)23-12-9(14)4-7(6-18-12)13(15,16)17/h2-6H,1H3. The number of pyridine rings is 1. The van der Waals surface area contributed by atoms with Crippen LogP contribution in [0.25, 0.3) is 0 Å². The van der Waals surface area contributed by atoms with Crippen molar-refractivity contribution < 1.29 is 27.6 Å². The zero-order valence-electron chi connectivity index (χ0n) is 11.4. The quantitative estimate of drug-likeness (QED) is 0.602. The van der Waals surface area contributed by atoms with E-state index in [2.05, 4.69) is 4.98 Å². The third kappa shape index (κ3) is 3.81. The fourth-order valence-electron chi connectivity index (χ4n) is 1.64. The Morgan fingerprint density at radius 1 is 1.30 bits per heavy atom. The van der Waals surface area contributed by atoms with E-state index in [1.807, 2.05) is 0 Å². The maximum Gasteiger partial charge on any atom is 0.417 e. The Bertz CT molecular complexity index is 752. The van der Waals surface area contributed by atoms with Crippen molar-refractivity contribution in [2.45, 2.75) is 6.18 Å². The Kier molecular flexibility index (Phi) is 4.60. The number of alkyl halides is 3. The monoisotopic (exact) mass is 348 g/mol. The predicted molar refractivity (Wildman–Crippen MR) is 74.0 cm³/mol. The predicted octanol–water partition coefficient (Wildman–Crippen LogP) is 4.46. The molecule has 0 aliphatic carbocycles. The van der Waals surface area contributed by atoms with Crippen molar-refractivity contribution in [3.8, 4) is 17.4 Å². The zero-order chi connectivity index (χ0) is 17.2. The molecule has 0 aliphatic heterocycles. The average molecular weight is 349 g/mol. The van der Waals surface area contributed by atoms with Gasteiger partial charge in [0, 0.05) is 18.3 Å². The smallest absolute Gasteiger partial charge is 0.417 e. The largest absolute Gasteiger partial charge is 0.490 e. The van der Waals surface area contributed by atoms with Gasteiger partial charge in [-0.05, 0) is 12.1 Å². The average Bonchev–Trinajstić information content (AvgIpc) is 2.47. The Labute approximate surface area is 132 Å². The van der Waals surface area contributed by atoms with Gasteiger partial charge in [0.25, 0.3) is 0 Å². The zero-order valence-corrected chi connectivity index (χ0v) is 12.2. The number of benzene rings is 1. The molecule has 0 unspecified atom stereocenters. The number of nitrogens with zero attached hydrogens (tertiary/aromatic N) is 2. The van der Waals surface area contributed by atoms with Gasteiger partial charge in [-0.2, -0.15) is 13.2 Å². The van der Waals surface area contributed by atoms with Crippen molar-refractivity contribution >= 4 is 17.3 Å². The SMILES string of the molecule is COc1cc(Oc2ncc(C(F)(F)F)cc2Cl)ccc1[N+](=O)[O-]. The van der Waals surface area contributed by atoms with E-state index >= 15 is 0 Å². The molecule has 0 saturated heterocycles. The first-order valence-corrected chi connectivity index (χ1v) is 6.33. The van der Waals surface area contributed by atoms with Gasteiger partial charge in [0.05, 0.1) is 17.6 Å². The van der Waals surface area contributed by atoms with E-state index in [4.69, 9.17) is 21.1 Å². The molecule has 0 N–H and O–H groups in total. The van der Waals surface area contributed by atoms with E-state index in [1.165, 1.54) is 19.2 Å². The van der Waals surface area contributed by atoms with Crippen molar-refractivity contribution in [2.24, 2.45) is 0 Å². The maximum atomic E-state index is 12.5. The fourth-order valence-corrected chi connectivity index (χ4v) is 1.84. The molecule has 2 aromatic rings. The summed E-state index contributed by atoms with van der Waals surface area (Å²) >= 11 is 5.71. The summed E-state index contributed by atoms with van der Waals surface area (Å²) in [6.45, 7) is 0. The number of rotatable bonds is 4. The van der Waals surface area contributed by atoms with Gasteiger partial charge in [0.2, 0.25) is 11.6 Å². The third-order valence-electron chi connectivity index (χ3n) is 2.70. The Morgan fingerprint density at radius 2 is 2.00 bits per heavy atom. The Hall–Kier alpha value is -2.55. The molecule has 0 atom stereocenters. The van der Waals surface area contributed by atoms with Gasteiger partial charge in [0.1, 0.15) is 10.8 Å². The molecule has 1 aromatic carbocycles. The first-order valence-electron chi connectivity index (χ1n) is 5.95. The number of hydrogen-bond acceptors (Lipinski definition) is 5. The molecule has 0 spiro atoms. The molecule has 1 aromatic heterocycles. The summed E-state index contributed by atoms with van der Waals surface area (Å²) in [6.07, 6.45) is -4.00. The summed E-state index contributed by atoms with van der Waals surface area (Å²) in [4.78, 5) is 13.6. The normalized spacial score (nSPS) is 11.2. The molecule has 0 radical (unpaired) electrons. The van der Waals surface area contributed by atoms with Crippen LogP contribution in [0.4, 0.5) is 18.9 Å². The van der Waals surface area contributed by atoms with E-state index in [1.54, 1.807) is 0 Å². The summed E-state index contributed by atoms with van der Waals surface area (Å²) in [5.41, 5.74) is -1.30. The lowest BCUT2D eigenvalue weighted by molar-refractivity contribution is -0.385. The molecule has 122 valence electrons. The van der Waals surface area contributed by atoms with Crippen LogP contribution in [0.2, 0.25) is 5.02 Å². The number of nitro benzene ring substituents is 1. The molecule has 0 amide bonds. The summed E-state index contributed by atoms with van der Waals surface area (Å²) in [5.74, 6) is -0.271. The van der Waals surface area contributed by atoms with Crippen LogP contribution in [-0.2, 0) is 6.18 Å². The van der Waals surface area contributed by atoms with E-state index in [9.17, 15) is 23.3 Å². The maximum absolute atomic E-state index is 12.5. The van der Waals surface area contributed by atoms with Crippen LogP contribution in [0.1, 0.15) is 5.56 Å². The second-order valence-electron chi connectivity index (χ2n) is 4.20. The lowest BCUT2D eigenvalue weighted by Crippen LogP contribution is -2.05. The number of methoxy groups -OCH3 is 1. The fraction of sp³-hybridized carbons (Fsp3) is 0.154. The molecular weight excluding hydrogens is 341 g/mol. The summed E-state index contributed by atoms with van der Waals surface area (Å²) in [6, 6.07) is 4.25. The minimum absolute atomic E-state index is 0.0709. The number of halogens is 4. The third-order valence-corrected chi connectivity index (χ3v) is 2.97. The van der Waals surface area contributed by atoms with Crippen molar-refractivity contribution in [2.75, 3.05) is 7.11 Å². The highest BCUT2D eigenvalue weighted by molar-refractivity contribution is 6.31. The van der Waals surface area contributed by atoms with Gasteiger partial charge >= 0.3 is 11.9 Å². The van der Waals surface area contributed by atoms with Crippen LogP contribution in [-0.4, -0.2) is 17.0 Å². The van der Waals surface area contributed by atoms with Gasteiger partial charge < -0.3 is 9.47 Å². The van der Waals surface area contributed by atoms with E-state index in [-0.39, 0.29) is 28.1 Å². The molecule has 0 fully saturated rings. The molecule has 0 saturated carbocycles. The van der Waals surface area contributed by atoms with E-state index in [0.717, 1.165) is 6.07 Å². The molecule has 1 heterocycles. The van der Waals surface area contributed by atoms with Crippen LogP contribution in [0, 0.1) is 10.1 Å². The van der Waals surface area contributed by atoms with Gasteiger partial charge in [-0.15, -0.1) is 0 Å². The molecular formula is C13H8ClF3N2O4.